The lowest BCUT2D eigenvalue weighted by Crippen LogP contribution is -2.04. The number of halogens is 12. The first-order chi connectivity index (χ1) is 34.2. The summed E-state index contributed by atoms with van der Waals surface area (Å²) in [6, 6.07) is 30.6. The van der Waals surface area contributed by atoms with Crippen LogP contribution in [0, 0.1) is 0 Å². The lowest BCUT2D eigenvalue weighted by molar-refractivity contribution is -0.138. The molecule has 0 saturated heterocycles. The fraction of sp³-hybridized carbons (Fsp3) is 0.0727. The van der Waals surface area contributed by atoms with Gasteiger partial charge in [-0.05, 0) is 138 Å². The van der Waals surface area contributed by atoms with Crippen molar-refractivity contribution in [1.82, 2.24) is 19.9 Å². The van der Waals surface area contributed by atoms with E-state index in [-0.39, 0.29) is 67.2 Å². The molecule has 0 unspecified atom stereocenters. The van der Waals surface area contributed by atoms with Crippen molar-refractivity contribution >= 4 is 51.7 Å². The Balaban J connectivity index is 1.37. The number of alkyl halides is 12. The number of aliphatic imine (C=N–C) groups is 1. The summed E-state index contributed by atoms with van der Waals surface area (Å²) in [7, 11) is 0. The van der Waals surface area contributed by atoms with Gasteiger partial charge in [0, 0.05) is 56.1 Å². The van der Waals surface area contributed by atoms with Gasteiger partial charge in [-0.1, -0.05) is 54.6 Å². The molecule has 0 amide bonds. The minimum Gasteiger partial charge on any atom is -0.354 e. The van der Waals surface area contributed by atoms with Crippen LogP contribution in [0.3, 0.4) is 0 Å². The number of allylic oxidation sites excluding steroid dienone is 1. The van der Waals surface area contributed by atoms with Gasteiger partial charge in [-0.3, -0.25) is 4.98 Å². The monoisotopic (exact) mass is 989 g/mol. The molecule has 0 atom stereocenters. The van der Waals surface area contributed by atoms with Gasteiger partial charge < -0.3 is 9.97 Å². The number of pyridine rings is 1. The van der Waals surface area contributed by atoms with Crippen molar-refractivity contribution in [2.75, 3.05) is 0 Å². The number of fused-ring (bicyclic) bond motifs is 8. The van der Waals surface area contributed by atoms with E-state index in [0.717, 1.165) is 48.5 Å². The fourth-order valence-electron chi connectivity index (χ4n) is 8.62. The SMILES string of the molecule is FC(F)(F)c1ccc(-c2c3cc(c(-c4ccc(C(F)(F)F)cc4)c4ccc([nH]4)c(-c4ccc(C(F)(F)F)cc4)c4nc(c(-c5ccc(C(F)(F)F)cc5)c5ccc2[nH]5)C=C4)C(/C=C\c2ccccn2)=N3)cc1. The Hall–Kier alpha value is -8.47. The molecular weight excluding hydrogens is 959 g/mol. The Kier molecular flexibility index (Phi) is 11.6. The minimum absolute atomic E-state index is 0.184. The molecule has 360 valence electrons. The van der Waals surface area contributed by atoms with E-state index in [9.17, 15) is 52.7 Å². The molecule has 72 heavy (non-hydrogen) atoms. The summed E-state index contributed by atoms with van der Waals surface area (Å²) in [6.45, 7) is 0. The van der Waals surface area contributed by atoms with Crippen molar-refractivity contribution in [3.8, 4) is 44.5 Å². The number of nitrogens with one attached hydrogen (secondary N) is 2. The summed E-state index contributed by atoms with van der Waals surface area (Å²) in [4.78, 5) is 21.1. The third kappa shape index (κ3) is 9.32. The van der Waals surface area contributed by atoms with Crippen LogP contribution in [0.25, 0.3) is 84.8 Å². The Morgan fingerprint density at radius 1 is 0.389 bits per heavy atom. The minimum atomic E-state index is -4.70. The maximum atomic E-state index is 14.0. The summed E-state index contributed by atoms with van der Waals surface area (Å²) in [5.41, 5.74) is 1.31. The second-order valence-electron chi connectivity index (χ2n) is 16.6. The first-order valence-electron chi connectivity index (χ1n) is 21.7. The van der Waals surface area contributed by atoms with Crippen LogP contribution in [0.5, 0.6) is 0 Å². The van der Waals surface area contributed by atoms with E-state index < -0.39 is 47.0 Å². The smallest absolute Gasteiger partial charge is 0.354 e. The van der Waals surface area contributed by atoms with E-state index in [0.29, 0.717) is 33.4 Å². The van der Waals surface area contributed by atoms with Gasteiger partial charge in [0.15, 0.2) is 0 Å². The molecule has 8 aromatic rings. The van der Waals surface area contributed by atoms with E-state index in [2.05, 4.69) is 15.0 Å². The van der Waals surface area contributed by atoms with Crippen LogP contribution in [0.15, 0.2) is 163 Å². The van der Waals surface area contributed by atoms with Crippen LogP contribution >= 0.6 is 0 Å². The van der Waals surface area contributed by atoms with Crippen molar-refractivity contribution in [1.29, 1.82) is 0 Å². The highest BCUT2D eigenvalue weighted by Crippen LogP contribution is 2.44. The number of H-pyrrole nitrogens is 2. The molecule has 0 aliphatic carbocycles. The number of hydrogen-bond acceptors (Lipinski definition) is 3. The summed E-state index contributed by atoms with van der Waals surface area (Å²) >= 11 is 0. The summed E-state index contributed by atoms with van der Waals surface area (Å²) in [6.07, 6.45) is -10.8. The van der Waals surface area contributed by atoms with Gasteiger partial charge >= 0.3 is 24.7 Å². The molecular formula is C55H31F12N5. The molecule has 6 heterocycles. The van der Waals surface area contributed by atoms with E-state index >= 15 is 0 Å². The van der Waals surface area contributed by atoms with Gasteiger partial charge in [0.25, 0.3) is 0 Å². The number of rotatable bonds is 6. The highest BCUT2D eigenvalue weighted by Gasteiger charge is 2.33. The van der Waals surface area contributed by atoms with Crippen LogP contribution in [-0.2, 0) is 24.7 Å². The second kappa shape index (κ2) is 17.7. The number of benzene rings is 4. The maximum Gasteiger partial charge on any atom is 0.416 e. The van der Waals surface area contributed by atoms with Crippen LogP contribution in [0.1, 0.15) is 44.9 Å². The average molecular weight is 990 g/mol. The van der Waals surface area contributed by atoms with Gasteiger partial charge in [-0.2, -0.15) is 52.7 Å². The molecule has 4 aromatic heterocycles. The Labute approximate surface area is 400 Å². The Morgan fingerprint density at radius 3 is 1.15 bits per heavy atom. The van der Waals surface area contributed by atoms with E-state index in [1.54, 1.807) is 79.0 Å². The normalized spacial score (nSPS) is 13.2. The molecule has 0 saturated carbocycles. The topological polar surface area (TPSA) is 69.7 Å². The molecule has 5 nitrogen and oxygen atoms in total. The highest BCUT2D eigenvalue weighted by atomic mass is 19.4. The molecule has 2 aliphatic rings. The summed E-state index contributed by atoms with van der Waals surface area (Å²) in [5.74, 6) is 0. The lowest BCUT2D eigenvalue weighted by Gasteiger charge is -2.11. The summed E-state index contributed by atoms with van der Waals surface area (Å²) in [5, 5.41) is 0. The van der Waals surface area contributed by atoms with E-state index in [1.165, 1.54) is 48.5 Å². The molecule has 2 N–H and O–H groups in total. The van der Waals surface area contributed by atoms with Crippen molar-refractivity contribution in [2.45, 2.75) is 24.7 Å². The van der Waals surface area contributed by atoms with Crippen molar-refractivity contribution in [2.24, 2.45) is 4.99 Å². The number of aromatic nitrogens is 4. The molecule has 17 heteroatoms. The third-order valence-corrected chi connectivity index (χ3v) is 12.0. The quantitative estimate of drug-likeness (QED) is 0.163. The predicted molar refractivity (Wildman–Crippen MR) is 253 cm³/mol. The van der Waals surface area contributed by atoms with Crippen molar-refractivity contribution < 1.29 is 52.7 Å². The highest BCUT2D eigenvalue weighted by molar-refractivity contribution is 6.20. The second-order valence-corrected chi connectivity index (χ2v) is 16.6. The first-order valence-corrected chi connectivity index (χ1v) is 21.7. The maximum absolute atomic E-state index is 14.0. The predicted octanol–water partition coefficient (Wildman–Crippen LogP) is 17.1. The molecule has 4 aromatic carbocycles. The summed E-state index contributed by atoms with van der Waals surface area (Å²) < 4.78 is 167. The molecule has 0 fully saturated rings. The standard InChI is InChI=1S/C55H31F12N5/c56-52(57,58)34-12-4-30(5-13-34)48-39-29-47(69-40(39)21-20-38-3-1-2-28-68-38)51(33-10-18-37(19-11-33)55(65,66)67)46-27-26-45(72-46)50(32-8-16-36(17-9-32)54(62,63)64)44-25-24-43(71-44)49(42-23-22-41(48)70-42)31-6-14-35(15-7-31)53(59,60)61/h1-29,70,72H/b21-20-,48-39?,48-41?,49-42?,49-43?,50-44?,50-45?,51-46?,51-47?. The van der Waals surface area contributed by atoms with Gasteiger partial charge in [0.2, 0.25) is 0 Å². The van der Waals surface area contributed by atoms with E-state index in [1.807, 2.05) is 0 Å². The van der Waals surface area contributed by atoms with Gasteiger partial charge in [0.1, 0.15) is 0 Å². The Morgan fingerprint density at radius 2 is 0.764 bits per heavy atom. The van der Waals surface area contributed by atoms with Crippen LogP contribution in [-0.4, -0.2) is 25.6 Å². The first kappa shape index (κ1) is 47.2. The van der Waals surface area contributed by atoms with Gasteiger partial charge in [-0.15, -0.1) is 0 Å². The van der Waals surface area contributed by atoms with Gasteiger partial charge in [0.05, 0.1) is 50.7 Å². The van der Waals surface area contributed by atoms with E-state index in [4.69, 9.17) is 9.98 Å². The molecule has 2 aliphatic heterocycles. The van der Waals surface area contributed by atoms with Gasteiger partial charge in [-0.25, -0.2) is 9.98 Å². The largest absolute Gasteiger partial charge is 0.416 e. The van der Waals surface area contributed by atoms with Crippen molar-refractivity contribution in [3.63, 3.8) is 0 Å². The molecule has 0 radical (unpaired) electrons. The molecule has 8 bridgehead atoms. The zero-order chi connectivity index (χ0) is 50.7. The molecule has 10 rings (SSSR count). The number of aromatic amines is 2. The average Bonchev–Trinajstić information content (AvgIpc) is 4.19. The van der Waals surface area contributed by atoms with Crippen LogP contribution in [0.4, 0.5) is 58.4 Å². The number of hydrogen-bond donors (Lipinski definition) is 2. The van der Waals surface area contributed by atoms with Crippen LogP contribution in [0.2, 0.25) is 0 Å². The Bertz CT molecular complexity index is 3630. The zero-order valence-corrected chi connectivity index (χ0v) is 36.6. The fourth-order valence-corrected chi connectivity index (χ4v) is 8.62. The van der Waals surface area contributed by atoms with Crippen LogP contribution < -0.4 is 0 Å². The van der Waals surface area contributed by atoms with Crippen molar-refractivity contribution in [3.05, 3.63) is 203 Å². The molecule has 0 spiro atoms. The zero-order valence-electron chi connectivity index (χ0n) is 36.6. The number of nitrogens with zero attached hydrogens (tertiary/aromatic N) is 3. The third-order valence-electron chi connectivity index (χ3n) is 12.0. The lowest BCUT2D eigenvalue weighted by atomic mass is 9.96.